The lowest BCUT2D eigenvalue weighted by Crippen LogP contribution is -2.29. The van der Waals surface area contributed by atoms with E-state index in [4.69, 9.17) is 0 Å². The molecule has 98 valence electrons. The molecule has 0 saturated carbocycles. The van der Waals surface area contributed by atoms with Crippen molar-refractivity contribution < 1.29 is 0 Å². The summed E-state index contributed by atoms with van der Waals surface area (Å²) < 4.78 is 0. The molecule has 0 aliphatic carbocycles. The first-order chi connectivity index (χ1) is 8.75. The molecule has 0 unspecified atom stereocenters. The highest BCUT2D eigenvalue weighted by atomic mass is 15.3. The Morgan fingerprint density at radius 1 is 1.39 bits per heavy atom. The lowest BCUT2D eigenvalue weighted by atomic mass is 10.3. The largest absolute Gasteiger partial charge is 0.369 e. The number of nitrogens with zero attached hydrogens (tertiary/aromatic N) is 4. The Kier molecular flexibility index (Phi) is 4.52. The first kappa shape index (κ1) is 12.8. The highest BCUT2D eigenvalue weighted by Gasteiger charge is 2.10. The van der Waals surface area contributed by atoms with Crippen LogP contribution in [-0.2, 0) is 0 Å². The molecule has 0 spiro atoms. The molecule has 2 rings (SSSR count). The van der Waals surface area contributed by atoms with Crippen LogP contribution < -0.4 is 10.2 Å². The standard InChI is InChI=1S/C13H21N5/c1-17(2)11-8-14-12-6-7-15-13(16-12)18-9-4-3-5-10-18/h3-4,6-7H,5,8-11H2,1-2H3,(H,14,15,16). The van der Waals surface area contributed by atoms with Crippen LogP contribution in [0.2, 0.25) is 0 Å². The highest BCUT2D eigenvalue weighted by Crippen LogP contribution is 2.13. The lowest BCUT2D eigenvalue weighted by Gasteiger charge is -2.23. The summed E-state index contributed by atoms with van der Waals surface area (Å²) >= 11 is 0. The molecule has 1 N–H and O–H groups in total. The molecule has 0 bridgehead atoms. The number of anilines is 2. The number of hydrogen-bond donors (Lipinski definition) is 1. The maximum atomic E-state index is 4.54. The van der Waals surface area contributed by atoms with Crippen molar-refractivity contribution in [2.45, 2.75) is 6.42 Å². The summed E-state index contributed by atoms with van der Waals surface area (Å²) in [6, 6.07) is 1.92. The average molecular weight is 247 g/mol. The first-order valence-electron chi connectivity index (χ1n) is 6.37. The second-order valence-electron chi connectivity index (χ2n) is 4.68. The van der Waals surface area contributed by atoms with Gasteiger partial charge in [-0.25, -0.2) is 4.98 Å². The van der Waals surface area contributed by atoms with Gasteiger partial charge in [0.15, 0.2) is 0 Å². The monoisotopic (exact) mass is 247 g/mol. The third-order valence-electron chi connectivity index (χ3n) is 2.85. The van der Waals surface area contributed by atoms with Crippen LogP contribution in [-0.4, -0.2) is 55.1 Å². The molecule has 5 heteroatoms. The van der Waals surface area contributed by atoms with Crippen molar-refractivity contribution in [2.75, 3.05) is 50.5 Å². The van der Waals surface area contributed by atoms with Crippen LogP contribution in [0.3, 0.4) is 0 Å². The van der Waals surface area contributed by atoms with Gasteiger partial charge in [0.05, 0.1) is 0 Å². The second kappa shape index (κ2) is 6.35. The Labute approximate surface area is 109 Å². The summed E-state index contributed by atoms with van der Waals surface area (Å²) in [4.78, 5) is 13.2. The minimum atomic E-state index is 0.814. The zero-order chi connectivity index (χ0) is 12.8. The van der Waals surface area contributed by atoms with Gasteiger partial charge >= 0.3 is 0 Å². The molecule has 1 aliphatic heterocycles. The van der Waals surface area contributed by atoms with Gasteiger partial charge in [0.2, 0.25) is 5.95 Å². The van der Waals surface area contributed by atoms with Gasteiger partial charge in [-0.15, -0.1) is 0 Å². The van der Waals surface area contributed by atoms with E-state index in [9.17, 15) is 0 Å². The number of likely N-dealkylation sites (N-methyl/N-ethyl adjacent to an activating group) is 1. The maximum Gasteiger partial charge on any atom is 0.227 e. The Morgan fingerprint density at radius 3 is 3.00 bits per heavy atom. The molecule has 0 atom stereocenters. The molecule has 0 fully saturated rings. The molecule has 1 aromatic heterocycles. The molecule has 0 aromatic carbocycles. The van der Waals surface area contributed by atoms with Gasteiger partial charge in [0, 0.05) is 32.4 Å². The third kappa shape index (κ3) is 3.70. The topological polar surface area (TPSA) is 44.3 Å². The zero-order valence-electron chi connectivity index (χ0n) is 11.1. The summed E-state index contributed by atoms with van der Waals surface area (Å²) in [5, 5.41) is 3.32. The molecular weight excluding hydrogens is 226 g/mol. The first-order valence-corrected chi connectivity index (χ1v) is 6.37. The van der Waals surface area contributed by atoms with E-state index in [-0.39, 0.29) is 0 Å². The van der Waals surface area contributed by atoms with E-state index in [1.807, 2.05) is 12.3 Å². The summed E-state index contributed by atoms with van der Waals surface area (Å²) in [5.41, 5.74) is 0. The smallest absolute Gasteiger partial charge is 0.227 e. The van der Waals surface area contributed by atoms with E-state index in [2.05, 4.69) is 51.3 Å². The minimum Gasteiger partial charge on any atom is -0.369 e. The second-order valence-corrected chi connectivity index (χ2v) is 4.68. The molecule has 18 heavy (non-hydrogen) atoms. The number of hydrogen-bond acceptors (Lipinski definition) is 5. The number of rotatable bonds is 5. The van der Waals surface area contributed by atoms with Crippen LogP contribution >= 0.6 is 0 Å². The number of nitrogens with one attached hydrogen (secondary N) is 1. The Hall–Kier alpha value is -1.62. The molecule has 2 heterocycles. The fourth-order valence-electron chi connectivity index (χ4n) is 1.83. The SMILES string of the molecule is CN(C)CCNc1ccnc(N2CC=CCC2)n1. The quantitative estimate of drug-likeness (QED) is 0.793. The fraction of sp³-hybridized carbons (Fsp3) is 0.538. The zero-order valence-corrected chi connectivity index (χ0v) is 11.1. The highest BCUT2D eigenvalue weighted by molar-refractivity contribution is 5.42. The molecule has 1 aliphatic rings. The van der Waals surface area contributed by atoms with Crippen LogP contribution in [0.25, 0.3) is 0 Å². The number of aromatic nitrogens is 2. The van der Waals surface area contributed by atoms with E-state index in [1.165, 1.54) is 0 Å². The molecule has 0 saturated heterocycles. The van der Waals surface area contributed by atoms with E-state index in [1.54, 1.807) is 0 Å². The van der Waals surface area contributed by atoms with Crippen molar-refractivity contribution in [3.63, 3.8) is 0 Å². The molecule has 1 aromatic rings. The summed E-state index contributed by atoms with van der Waals surface area (Å²) in [5.74, 6) is 1.71. The van der Waals surface area contributed by atoms with Crippen molar-refractivity contribution in [3.05, 3.63) is 24.4 Å². The van der Waals surface area contributed by atoms with Crippen LogP contribution in [0.15, 0.2) is 24.4 Å². The predicted octanol–water partition coefficient (Wildman–Crippen LogP) is 1.22. The molecule has 5 nitrogen and oxygen atoms in total. The summed E-state index contributed by atoms with van der Waals surface area (Å²) in [6.07, 6.45) is 7.26. The van der Waals surface area contributed by atoms with E-state index >= 15 is 0 Å². The van der Waals surface area contributed by atoms with Gasteiger partial charge in [-0.1, -0.05) is 12.2 Å². The van der Waals surface area contributed by atoms with Crippen molar-refractivity contribution in [1.82, 2.24) is 14.9 Å². The van der Waals surface area contributed by atoms with Gasteiger partial charge in [0.25, 0.3) is 0 Å². The van der Waals surface area contributed by atoms with Gasteiger partial charge in [0.1, 0.15) is 5.82 Å². The van der Waals surface area contributed by atoms with Crippen LogP contribution in [0.4, 0.5) is 11.8 Å². The van der Waals surface area contributed by atoms with E-state index in [0.717, 1.165) is 44.4 Å². The summed E-state index contributed by atoms with van der Waals surface area (Å²) in [6.45, 7) is 3.79. The maximum absolute atomic E-state index is 4.54. The van der Waals surface area contributed by atoms with Crippen LogP contribution in [0.1, 0.15) is 6.42 Å². The van der Waals surface area contributed by atoms with E-state index < -0.39 is 0 Å². The molecule has 0 radical (unpaired) electrons. The van der Waals surface area contributed by atoms with Gasteiger partial charge in [-0.2, -0.15) is 4.98 Å². The van der Waals surface area contributed by atoms with Gasteiger partial charge in [-0.05, 0) is 26.6 Å². The van der Waals surface area contributed by atoms with Crippen molar-refractivity contribution in [2.24, 2.45) is 0 Å². The van der Waals surface area contributed by atoms with Gasteiger partial charge in [-0.3, -0.25) is 0 Å². The van der Waals surface area contributed by atoms with Crippen molar-refractivity contribution >= 4 is 11.8 Å². The third-order valence-corrected chi connectivity index (χ3v) is 2.85. The Morgan fingerprint density at radius 2 is 2.28 bits per heavy atom. The lowest BCUT2D eigenvalue weighted by molar-refractivity contribution is 0.425. The predicted molar refractivity (Wildman–Crippen MR) is 75.0 cm³/mol. The Bertz CT molecular complexity index is 402. The molecular formula is C13H21N5. The fourth-order valence-corrected chi connectivity index (χ4v) is 1.83. The van der Waals surface area contributed by atoms with Crippen LogP contribution in [0, 0.1) is 0 Å². The normalized spacial score (nSPS) is 15.2. The van der Waals surface area contributed by atoms with Crippen LogP contribution in [0.5, 0.6) is 0 Å². The van der Waals surface area contributed by atoms with Gasteiger partial charge < -0.3 is 15.1 Å². The van der Waals surface area contributed by atoms with E-state index in [0.29, 0.717) is 0 Å². The Balaban J connectivity index is 1.94. The summed E-state index contributed by atoms with van der Waals surface area (Å²) in [7, 11) is 4.13. The van der Waals surface area contributed by atoms with Crippen molar-refractivity contribution in [3.8, 4) is 0 Å². The molecule has 0 amide bonds. The van der Waals surface area contributed by atoms with Crippen molar-refractivity contribution in [1.29, 1.82) is 0 Å². The average Bonchev–Trinajstić information content (AvgIpc) is 2.40. The minimum absolute atomic E-state index is 0.814.